The van der Waals surface area contributed by atoms with Crippen LogP contribution >= 0.6 is 23.5 Å². The summed E-state index contributed by atoms with van der Waals surface area (Å²) in [6.45, 7) is 5.66. The molecule has 1 heterocycles. The number of thioether (sulfide) groups is 2. The van der Waals surface area contributed by atoms with Crippen LogP contribution in [0.4, 0.5) is 0 Å². The highest BCUT2D eigenvalue weighted by Gasteiger charge is 2.64. The third-order valence-electron chi connectivity index (χ3n) is 12.2. The van der Waals surface area contributed by atoms with E-state index < -0.39 is 5.79 Å². The lowest BCUT2D eigenvalue weighted by atomic mass is 9.56. The number of ether oxygens (including phenoxy) is 3. The number of allylic oxidation sites excluding steroid dienone is 1. The Morgan fingerprint density at radius 3 is 2.34 bits per heavy atom. The molecular formula is C52H57NO6S2. The molecule has 7 nitrogen and oxygen atoms in total. The molecule has 0 spiro atoms. The van der Waals surface area contributed by atoms with Crippen molar-refractivity contribution in [3.63, 3.8) is 0 Å². The zero-order valence-corrected chi connectivity index (χ0v) is 36.4. The summed E-state index contributed by atoms with van der Waals surface area (Å²) in [6, 6.07) is 42.0. The molecule has 0 aromatic heterocycles. The van der Waals surface area contributed by atoms with E-state index in [2.05, 4.69) is 104 Å². The van der Waals surface area contributed by atoms with E-state index in [1.165, 1.54) is 15.7 Å². The maximum atomic E-state index is 10.0. The number of aliphatic hydroxyl groups is 2. The van der Waals surface area contributed by atoms with Crippen molar-refractivity contribution in [1.29, 1.82) is 0 Å². The molecule has 5 aromatic rings. The van der Waals surface area contributed by atoms with Crippen molar-refractivity contribution < 1.29 is 29.3 Å². The number of hydrogen-bond donors (Lipinski definition) is 2. The van der Waals surface area contributed by atoms with Gasteiger partial charge in [0.1, 0.15) is 18.1 Å². The van der Waals surface area contributed by atoms with Crippen LogP contribution in [0.5, 0.6) is 11.5 Å². The molecule has 1 aliphatic heterocycles. The Balaban J connectivity index is 1.24. The first kappa shape index (κ1) is 43.2. The SMILES string of the molecule is C=CCO[C@@]12Oc3ccc(OCCSc4ccccc4)cc3[C@H]3[C@H](CCCCO)[C@@H](CCCCO)C=C(C(=NOCc4ccccc4)C[C@@H]1Sc1ccc4ccccc4c1)[C@H]32. The first-order chi connectivity index (χ1) is 30.1. The Hall–Kier alpha value is -4.51. The predicted molar refractivity (Wildman–Crippen MR) is 249 cm³/mol. The molecule has 0 unspecified atom stereocenters. The molecule has 0 bridgehead atoms. The Labute approximate surface area is 369 Å². The van der Waals surface area contributed by atoms with E-state index >= 15 is 0 Å². The van der Waals surface area contributed by atoms with E-state index in [4.69, 9.17) is 24.2 Å². The van der Waals surface area contributed by atoms with Gasteiger partial charge in [0.05, 0.1) is 30.1 Å². The minimum absolute atomic E-state index is 0.0204. The molecule has 5 aromatic carbocycles. The highest BCUT2D eigenvalue weighted by atomic mass is 32.2. The van der Waals surface area contributed by atoms with Gasteiger partial charge in [0.15, 0.2) is 0 Å². The van der Waals surface area contributed by atoms with Crippen LogP contribution < -0.4 is 9.47 Å². The maximum Gasteiger partial charge on any atom is 0.231 e. The van der Waals surface area contributed by atoms with Crippen LogP contribution in [0.3, 0.4) is 0 Å². The minimum atomic E-state index is -1.08. The second kappa shape index (κ2) is 21.0. The number of fused-ring (bicyclic) bond motifs is 3. The van der Waals surface area contributed by atoms with Crippen molar-refractivity contribution >= 4 is 40.0 Å². The lowest BCUT2D eigenvalue weighted by Crippen LogP contribution is -2.64. The van der Waals surface area contributed by atoms with Crippen LogP contribution in [0.15, 0.2) is 161 Å². The summed E-state index contributed by atoms with van der Waals surface area (Å²) in [5, 5.41) is 27.1. The van der Waals surface area contributed by atoms with Gasteiger partial charge in [0.25, 0.3) is 0 Å². The van der Waals surface area contributed by atoms with E-state index in [1.807, 2.05) is 36.4 Å². The van der Waals surface area contributed by atoms with Gasteiger partial charge in [-0.15, -0.1) is 30.1 Å². The third kappa shape index (κ3) is 10.1. The number of nitrogens with zero attached hydrogens (tertiary/aromatic N) is 1. The fraction of sp³-hybridized carbons (Fsp3) is 0.365. The Bertz CT molecular complexity index is 2270. The summed E-state index contributed by atoms with van der Waals surface area (Å²) in [7, 11) is 0. The number of oxime groups is 1. The number of benzene rings is 5. The van der Waals surface area contributed by atoms with Crippen LogP contribution in [0.1, 0.15) is 62.0 Å². The molecule has 1 saturated carbocycles. The summed E-state index contributed by atoms with van der Waals surface area (Å²) in [4.78, 5) is 8.62. The average Bonchev–Trinajstić information content (AvgIpc) is 3.30. The fourth-order valence-electron chi connectivity index (χ4n) is 9.51. The van der Waals surface area contributed by atoms with Gasteiger partial charge in [-0.25, -0.2) is 0 Å². The zero-order chi connectivity index (χ0) is 41.9. The van der Waals surface area contributed by atoms with E-state index in [0.29, 0.717) is 26.2 Å². The van der Waals surface area contributed by atoms with Crippen LogP contribution in [-0.4, -0.2) is 59.1 Å². The summed E-state index contributed by atoms with van der Waals surface area (Å²) in [6.07, 6.45) is 9.95. The molecule has 2 aliphatic carbocycles. The first-order valence-corrected chi connectivity index (χ1v) is 23.7. The van der Waals surface area contributed by atoms with Gasteiger partial charge >= 0.3 is 0 Å². The summed E-state index contributed by atoms with van der Waals surface area (Å²) >= 11 is 3.57. The fourth-order valence-corrected chi connectivity index (χ4v) is 11.6. The number of unbranched alkanes of at least 4 members (excludes halogenated alkanes) is 2. The normalized spacial score (nSPS) is 23.4. The van der Waals surface area contributed by atoms with Crippen LogP contribution in [0.2, 0.25) is 0 Å². The summed E-state index contributed by atoms with van der Waals surface area (Å²) in [5.41, 5.74) is 4.20. The quantitative estimate of drug-likeness (QED) is 0.0326. The summed E-state index contributed by atoms with van der Waals surface area (Å²) < 4.78 is 21.1. The third-order valence-corrected chi connectivity index (χ3v) is 14.5. The van der Waals surface area contributed by atoms with Crippen LogP contribution in [0, 0.1) is 17.8 Å². The molecule has 0 radical (unpaired) electrons. The molecule has 61 heavy (non-hydrogen) atoms. The molecule has 2 N–H and O–H groups in total. The van der Waals surface area contributed by atoms with Gasteiger partial charge in [-0.05, 0) is 102 Å². The van der Waals surface area contributed by atoms with E-state index in [9.17, 15) is 10.2 Å². The largest absolute Gasteiger partial charge is 0.493 e. The van der Waals surface area contributed by atoms with Crippen molar-refractivity contribution in [2.24, 2.45) is 22.9 Å². The molecule has 318 valence electrons. The second-order valence-electron chi connectivity index (χ2n) is 16.1. The molecular weight excluding hydrogens is 799 g/mol. The van der Waals surface area contributed by atoms with Crippen LogP contribution in [0.25, 0.3) is 10.8 Å². The molecule has 1 fully saturated rings. The first-order valence-electron chi connectivity index (χ1n) is 21.8. The van der Waals surface area contributed by atoms with E-state index in [-0.39, 0.29) is 42.1 Å². The average molecular weight is 856 g/mol. The number of aliphatic hydroxyl groups excluding tert-OH is 2. The highest BCUT2D eigenvalue weighted by molar-refractivity contribution is 8.00. The highest BCUT2D eigenvalue weighted by Crippen LogP contribution is 2.63. The lowest BCUT2D eigenvalue weighted by molar-refractivity contribution is -0.223. The van der Waals surface area contributed by atoms with Crippen molar-refractivity contribution in [3.8, 4) is 11.5 Å². The van der Waals surface area contributed by atoms with E-state index in [1.54, 1.807) is 23.5 Å². The monoisotopic (exact) mass is 855 g/mol. The summed E-state index contributed by atoms with van der Waals surface area (Å²) in [5.74, 6) is 1.51. The Kier molecular flexibility index (Phi) is 14.9. The molecule has 9 heteroatoms. The standard InChI is InChI=1S/C52H57NO6S2/c1-2-29-57-52-49(61-43-25-23-38-17-9-10-18-39(38)32-43)35-47(53-58-36-37-15-5-3-6-16-37)45-33-40(19-11-13-27-54)44(22-12-14-28-55)50(51(45)52)46-34-41(24-26-48(46)59-52)56-30-31-60-42-20-7-4-8-21-42/h2-10,15-18,20-21,23-26,32-34,40,44,49-51,54-55H,1,11-14,19,22,27-31,35-36H2/t40-,44+,49-,50+,51+,52+/m0/s1. The Morgan fingerprint density at radius 2 is 1.56 bits per heavy atom. The van der Waals surface area contributed by atoms with Crippen LogP contribution in [-0.2, 0) is 16.2 Å². The van der Waals surface area contributed by atoms with Gasteiger partial charge in [-0.2, -0.15) is 0 Å². The number of hydrogen-bond acceptors (Lipinski definition) is 9. The van der Waals surface area contributed by atoms with Crippen molar-refractivity contribution in [2.45, 2.75) is 78.3 Å². The molecule has 0 amide bonds. The van der Waals surface area contributed by atoms with Gasteiger partial charge in [-0.3, -0.25) is 0 Å². The molecule has 0 saturated heterocycles. The van der Waals surface area contributed by atoms with Crippen molar-refractivity contribution in [3.05, 3.63) is 157 Å². The zero-order valence-electron chi connectivity index (χ0n) is 34.8. The molecule has 8 rings (SSSR count). The van der Waals surface area contributed by atoms with Crippen molar-refractivity contribution in [2.75, 3.05) is 32.2 Å². The van der Waals surface area contributed by atoms with Gasteiger partial charge < -0.3 is 29.3 Å². The predicted octanol–water partition coefficient (Wildman–Crippen LogP) is 11.6. The Morgan fingerprint density at radius 1 is 0.803 bits per heavy atom. The van der Waals surface area contributed by atoms with Crippen molar-refractivity contribution in [1.82, 2.24) is 0 Å². The van der Waals surface area contributed by atoms with E-state index in [0.717, 1.165) is 83.1 Å². The second-order valence-corrected chi connectivity index (χ2v) is 18.6. The lowest BCUT2D eigenvalue weighted by Gasteiger charge is -2.58. The van der Waals surface area contributed by atoms with Gasteiger partial charge in [-0.1, -0.05) is 109 Å². The molecule has 3 aliphatic rings. The van der Waals surface area contributed by atoms with Gasteiger partial charge in [0, 0.05) is 46.7 Å². The topological polar surface area (TPSA) is 89.7 Å². The number of rotatable bonds is 21. The smallest absolute Gasteiger partial charge is 0.231 e. The molecule has 6 atom stereocenters. The maximum absolute atomic E-state index is 10.0. The van der Waals surface area contributed by atoms with Gasteiger partial charge in [0.2, 0.25) is 5.79 Å². The minimum Gasteiger partial charge on any atom is -0.493 e.